The average Bonchev–Trinajstić information content (AvgIpc) is 2.21. The highest BCUT2D eigenvalue weighted by molar-refractivity contribution is 5.08. The molecule has 62 valence electrons. The van der Waals surface area contributed by atoms with Crippen LogP contribution in [0.25, 0.3) is 0 Å². The minimum Gasteiger partial charge on any atom is -0.225 e. The van der Waals surface area contributed by atoms with Crippen LogP contribution in [0, 0.1) is 0 Å². The van der Waals surface area contributed by atoms with E-state index in [0.29, 0.717) is 5.92 Å². The zero-order valence-electron chi connectivity index (χ0n) is 6.85. The summed E-state index contributed by atoms with van der Waals surface area (Å²) in [7, 11) is 0. The molecule has 1 aromatic heterocycles. The zero-order chi connectivity index (χ0) is 8.23. The highest BCUT2D eigenvalue weighted by Crippen LogP contribution is 2.23. The van der Waals surface area contributed by atoms with Gasteiger partial charge in [-0.2, -0.15) is 0 Å². The maximum absolute atomic E-state index is 4.13. The molecule has 0 saturated heterocycles. The first-order valence-corrected chi connectivity index (χ1v) is 4.25. The van der Waals surface area contributed by atoms with Crippen LogP contribution in [-0.2, 0) is 0 Å². The largest absolute Gasteiger partial charge is 0.225 e. The zero-order valence-corrected chi connectivity index (χ0v) is 6.85. The maximum Gasteiger partial charge on any atom is 0.138 e. The lowest BCUT2D eigenvalue weighted by Gasteiger charge is -2.13. The Hall–Kier alpha value is -1.25. The lowest BCUT2D eigenvalue weighted by atomic mass is 9.95. The van der Waals surface area contributed by atoms with Crippen LogP contribution in [-0.4, -0.2) is 15.0 Å². The summed E-state index contributed by atoms with van der Waals surface area (Å²) in [6.07, 6.45) is 11.1. The summed E-state index contributed by atoms with van der Waals surface area (Å²) < 4.78 is 0. The van der Waals surface area contributed by atoms with Crippen LogP contribution in [0.5, 0.6) is 0 Å². The standard InChI is InChI=1S/C9H11N3/c1-2-4-8(5-3-1)9-11-6-10-7-12-9/h2,4,6-8H,1,3,5H2. The highest BCUT2D eigenvalue weighted by Gasteiger charge is 2.12. The fourth-order valence-corrected chi connectivity index (χ4v) is 1.47. The molecule has 0 amide bonds. The summed E-state index contributed by atoms with van der Waals surface area (Å²) in [6.45, 7) is 0. The van der Waals surface area contributed by atoms with Gasteiger partial charge in [-0.15, -0.1) is 0 Å². The smallest absolute Gasteiger partial charge is 0.138 e. The van der Waals surface area contributed by atoms with Gasteiger partial charge in [0.2, 0.25) is 0 Å². The predicted molar refractivity (Wildman–Crippen MR) is 45.6 cm³/mol. The van der Waals surface area contributed by atoms with Crippen molar-refractivity contribution in [3.8, 4) is 0 Å². The third-order valence-corrected chi connectivity index (χ3v) is 2.10. The Bertz CT molecular complexity index is 268. The summed E-state index contributed by atoms with van der Waals surface area (Å²) >= 11 is 0. The van der Waals surface area contributed by atoms with Crippen LogP contribution < -0.4 is 0 Å². The van der Waals surface area contributed by atoms with E-state index in [4.69, 9.17) is 0 Å². The molecule has 1 aliphatic carbocycles. The summed E-state index contributed by atoms with van der Waals surface area (Å²) in [4.78, 5) is 12.1. The summed E-state index contributed by atoms with van der Waals surface area (Å²) in [5.74, 6) is 1.32. The number of rotatable bonds is 1. The quantitative estimate of drug-likeness (QED) is 0.588. The molecule has 3 nitrogen and oxygen atoms in total. The molecule has 1 atom stereocenters. The van der Waals surface area contributed by atoms with Gasteiger partial charge in [-0.1, -0.05) is 12.2 Å². The van der Waals surface area contributed by atoms with Gasteiger partial charge in [0.1, 0.15) is 18.5 Å². The molecule has 0 N–H and O–H groups in total. The van der Waals surface area contributed by atoms with Crippen molar-refractivity contribution in [3.63, 3.8) is 0 Å². The van der Waals surface area contributed by atoms with Crippen molar-refractivity contribution in [2.24, 2.45) is 0 Å². The van der Waals surface area contributed by atoms with Crippen molar-refractivity contribution < 1.29 is 0 Å². The monoisotopic (exact) mass is 161 g/mol. The van der Waals surface area contributed by atoms with Crippen molar-refractivity contribution in [1.82, 2.24) is 15.0 Å². The molecular weight excluding hydrogens is 150 g/mol. The first kappa shape index (κ1) is 7.40. The van der Waals surface area contributed by atoms with Crippen molar-refractivity contribution in [2.45, 2.75) is 25.2 Å². The van der Waals surface area contributed by atoms with E-state index in [9.17, 15) is 0 Å². The minimum absolute atomic E-state index is 0.418. The van der Waals surface area contributed by atoms with E-state index >= 15 is 0 Å². The molecule has 3 heteroatoms. The first-order valence-electron chi connectivity index (χ1n) is 4.25. The van der Waals surface area contributed by atoms with Crippen molar-refractivity contribution in [3.05, 3.63) is 30.6 Å². The lowest BCUT2D eigenvalue weighted by molar-refractivity contribution is 0.621. The number of hydrogen-bond acceptors (Lipinski definition) is 3. The molecule has 2 rings (SSSR count). The second kappa shape index (κ2) is 3.43. The van der Waals surface area contributed by atoms with Gasteiger partial charge < -0.3 is 0 Å². The van der Waals surface area contributed by atoms with E-state index < -0.39 is 0 Å². The summed E-state index contributed by atoms with van der Waals surface area (Å²) in [5.41, 5.74) is 0. The number of hydrogen-bond donors (Lipinski definition) is 0. The molecule has 0 spiro atoms. The van der Waals surface area contributed by atoms with E-state index in [1.54, 1.807) is 12.7 Å². The van der Waals surface area contributed by atoms with Gasteiger partial charge in [-0.05, 0) is 19.3 Å². The molecule has 1 unspecified atom stereocenters. The molecule has 1 aromatic rings. The third kappa shape index (κ3) is 1.49. The van der Waals surface area contributed by atoms with Gasteiger partial charge in [0.15, 0.2) is 0 Å². The van der Waals surface area contributed by atoms with Crippen LogP contribution in [0.3, 0.4) is 0 Å². The number of aromatic nitrogens is 3. The highest BCUT2D eigenvalue weighted by atomic mass is 15.0. The van der Waals surface area contributed by atoms with Gasteiger partial charge in [-0.25, -0.2) is 15.0 Å². The fraction of sp³-hybridized carbons (Fsp3) is 0.444. The van der Waals surface area contributed by atoms with Gasteiger partial charge in [0.25, 0.3) is 0 Å². The van der Waals surface area contributed by atoms with Gasteiger partial charge in [0.05, 0.1) is 0 Å². The Morgan fingerprint density at radius 1 is 1.25 bits per heavy atom. The van der Waals surface area contributed by atoms with Crippen LogP contribution in [0.15, 0.2) is 24.8 Å². The fourth-order valence-electron chi connectivity index (χ4n) is 1.47. The predicted octanol–water partition coefficient (Wildman–Crippen LogP) is 1.70. The maximum atomic E-state index is 4.13. The summed E-state index contributed by atoms with van der Waals surface area (Å²) in [6, 6.07) is 0. The topological polar surface area (TPSA) is 38.7 Å². The lowest BCUT2D eigenvalue weighted by Crippen LogP contribution is -2.04. The van der Waals surface area contributed by atoms with E-state index in [-0.39, 0.29) is 0 Å². The Labute approximate surface area is 71.6 Å². The molecule has 0 aromatic carbocycles. The van der Waals surface area contributed by atoms with E-state index in [1.807, 2.05) is 0 Å². The third-order valence-electron chi connectivity index (χ3n) is 2.10. The molecular formula is C9H11N3. The minimum atomic E-state index is 0.418. The van der Waals surface area contributed by atoms with Gasteiger partial charge >= 0.3 is 0 Å². The van der Waals surface area contributed by atoms with Gasteiger partial charge in [-0.3, -0.25) is 0 Å². The molecule has 0 saturated carbocycles. The Morgan fingerprint density at radius 3 is 2.75 bits per heavy atom. The molecule has 12 heavy (non-hydrogen) atoms. The Kier molecular flexibility index (Phi) is 2.12. The second-order valence-corrected chi connectivity index (χ2v) is 2.96. The molecule has 0 fully saturated rings. The SMILES string of the molecule is C1=CC(c2ncncn2)CCC1. The second-order valence-electron chi connectivity index (χ2n) is 2.96. The average molecular weight is 161 g/mol. The van der Waals surface area contributed by atoms with Gasteiger partial charge in [0, 0.05) is 5.92 Å². The number of nitrogens with zero attached hydrogens (tertiary/aromatic N) is 3. The summed E-state index contributed by atoms with van der Waals surface area (Å²) in [5, 5.41) is 0. The first-order chi connectivity index (χ1) is 5.97. The van der Waals surface area contributed by atoms with E-state index in [2.05, 4.69) is 27.1 Å². The van der Waals surface area contributed by atoms with Crippen LogP contribution >= 0.6 is 0 Å². The number of allylic oxidation sites excluding steroid dienone is 2. The normalized spacial score (nSPS) is 22.5. The van der Waals surface area contributed by atoms with Crippen molar-refractivity contribution in [1.29, 1.82) is 0 Å². The molecule has 1 heterocycles. The van der Waals surface area contributed by atoms with Crippen LogP contribution in [0.1, 0.15) is 31.0 Å². The van der Waals surface area contributed by atoms with Crippen LogP contribution in [0.2, 0.25) is 0 Å². The Morgan fingerprint density at radius 2 is 2.08 bits per heavy atom. The van der Waals surface area contributed by atoms with Crippen LogP contribution in [0.4, 0.5) is 0 Å². The van der Waals surface area contributed by atoms with E-state index in [0.717, 1.165) is 5.82 Å². The van der Waals surface area contributed by atoms with E-state index in [1.165, 1.54) is 19.3 Å². The van der Waals surface area contributed by atoms with Crippen molar-refractivity contribution >= 4 is 0 Å². The molecule has 0 aliphatic heterocycles. The molecule has 0 bridgehead atoms. The molecule has 1 aliphatic rings. The van der Waals surface area contributed by atoms with Crippen molar-refractivity contribution in [2.75, 3.05) is 0 Å². The molecule has 0 radical (unpaired) electrons. The Balaban J connectivity index is 2.19.